The average molecular weight is 510 g/mol. The number of halogens is 5. The second-order valence-electron chi connectivity index (χ2n) is 8.22. The highest BCUT2D eigenvalue weighted by molar-refractivity contribution is 5.99. The number of β-amino-alcohol motifs (C(OH)–C–C–N with tert-alkyl or cyclic N) is 1. The molecule has 1 aliphatic heterocycles. The maximum atomic E-state index is 14.7. The predicted molar refractivity (Wildman–Crippen MR) is 118 cm³/mol. The molecule has 2 N–H and O–H groups in total. The first-order valence-corrected chi connectivity index (χ1v) is 10.8. The van der Waals surface area contributed by atoms with Crippen molar-refractivity contribution >= 4 is 28.7 Å². The molecule has 0 radical (unpaired) electrons. The van der Waals surface area contributed by atoms with Gasteiger partial charge in [-0.05, 0) is 30.7 Å². The number of pyridine rings is 2. The predicted octanol–water partition coefficient (Wildman–Crippen LogP) is 2.83. The minimum absolute atomic E-state index is 0.0139. The topological polar surface area (TPSA) is 105 Å². The zero-order valence-corrected chi connectivity index (χ0v) is 18.6. The summed E-state index contributed by atoms with van der Waals surface area (Å²) in [5, 5.41) is 11.3. The monoisotopic (exact) mass is 510 g/mol. The highest BCUT2D eigenvalue weighted by Crippen LogP contribution is 2.26. The number of fused-ring (bicyclic) bond motifs is 1. The second kappa shape index (κ2) is 9.30. The maximum absolute atomic E-state index is 14.7. The molecule has 4 rings (SSSR count). The summed E-state index contributed by atoms with van der Waals surface area (Å²) in [6.07, 6.45) is -5.55. The van der Waals surface area contributed by atoms with Crippen LogP contribution >= 0.6 is 0 Å². The third-order valence-corrected chi connectivity index (χ3v) is 5.74. The lowest BCUT2D eigenvalue weighted by Crippen LogP contribution is -2.46. The fourth-order valence-corrected chi connectivity index (χ4v) is 3.93. The highest BCUT2D eigenvalue weighted by atomic mass is 19.4. The molecule has 0 spiro atoms. The van der Waals surface area contributed by atoms with Crippen molar-refractivity contribution < 1.29 is 36.6 Å². The van der Waals surface area contributed by atoms with E-state index in [9.17, 15) is 41.4 Å². The van der Waals surface area contributed by atoms with Crippen LogP contribution in [0.5, 0.6) is 0 Å². The minimum atomic E-state index is -4.77. The molecule has 0 unspecified atom stereocenters. The Morgan fingerprint density at radius 1 is 1.22 bits per heavy atom. The third-order valence-electron chi connectivity index (χ3n) is 5.74. The largest absolute Gasteiger partial charge is 0.408 e. The molecule has 1 saturated heterocycles. The van der Waals surface area contributed by atoms with E-state index in [-0.39, 0.29) is 35.5 Å². The van der Waals surface area contributed by atoms with Gasteiger partial charge < -0.3 is 10.4 Å². The van der Waals surface area contributed by atoms with E-state index in [2.05, 4.69) is 4.98 Å². The Kier molecular flexibility index (Phi) is 6.52. The summed E-state index contributed by atoms with van der Waals surface area (Å²) in [7, 11) is 0. The van der Waals surface area contributed by atoms with E-state index in [0.29, 0.717) is 6.07 Å². The molecule has 8 nitrogen and oxygen atoms in total. The number of aliphatic hydroxyl groups excluding tert-OH is 1. The molecule has 2 amide bonds. The number of nitrogens with one attached hydrogen (secondary N) is 1. The smallest absolute Gasteiger partial charge is 0.391 e. The summed E-state index contributed by atoms with van der Waals surface area (Å²) in [6.45, 7) is 1.12. The van der Waals surface area contributed by atoms with Crippen LogP contribution in [-0.4, -0.2) is 51.3 Å². The van der Waals surface area contributed by atoms with Crippen molar-refractivity contribution in [2.24, 2.45) is 0 Å². The van der Waals surface area contributed by atoms with Crippen molar-refractivity contribution in [3.63, 3.8) is 0 Å². The van der Waals surface area contributed by atoms with E-state index >= 15 is 0 Å². The van der Waals surface area contributed by atoms with Crippen LogP contribution in [0.3, 0.4) is 0 Å². The Bertz CT molecular complexity index is 1420. The zero-order chi connectivity index (χ0) is 26.4. The minimum Gasteiger partial charge on any atom is -0.391 e. The quantitative estimate of drug-likeness (QED) is 0.514. The van der Waals surface area contributed by atoms with Crippen molar-refractivity contribution in [3.05, 3.63) is 63.9 Å². The molecule has 1 fully saturated rings. The summed E-state index contributed by atoms with van der Waals surface area (Å²) in [6, 6.07) is 2.66. The number of carbonyl (C=O) groups is 2. The van der Waals surface area contributed by atoms with Gasteiger partial charge in [0, 0.05) is 12.3 Å². The van der Waals surface area contributed by atoms with Crippen LogP contribution in [0.25, 0.3) is 16.7 Å². The standard InChI is InChI=1S/C23H19F5N4O4/c1-2-17(23(26,27)28)29-22(36)14-10-31(16-5-3-11(24)7-15(16)25)21-13(20(14)35)4-6-18(30-21)32-9-12(33)8-19(32)34/h3-7,10,12,17,33H,2,8-9H2,1H3,(H,29,36)/t12-,17+/m1/s1. The van der Waals surface area contributed by atoms with Gasteiger partial charge in [-0.25, -0.2) is 13.8 Å². The average Bonchev–Trinajstić information content (AvgIpc) is 3.14. The molecule has 0 aliphatic carbocycles. The lowest BCUT2D eigenvalue weighted by atomic mass is 10.1. The molecule has 13 heteroatoms. The van der Waals surface area contributed by atoms with E-state index < -0.39 is 59.2 Å². The Labute approximate surface area is 200 Å². The van der Waals surface area contributed by atoms with Crippen molar-refractivity contribution in [2.45, 2.75) is 38.1 Å². The van der Waals surface area contributed by atoms with E-state index in [4.69, 9.17) is 0 Å². The summed E-state index contributed by atoms with van der Waals surface area (Å²) in [5.41, 5.74) is -2.30. The van der Waals surface area contributed by atoms with Gasteiger partial charge in [-0.2, -0.15) is 13.2 Å². The van der Waals surface area contributed by atoms with E-state index in [1.807, 2.05) is 0 Å². The number of rotatable bonds is 5. The van der Waals surface area contributed by atoms with Gasteiger partial charge >= 0.3 is 6.18 Å². The van der Waals surface area contributed by atoms with Crippen LogP contribution in [0.15, 0.2) is 41.3 Å². The molecule has 0 bridgehead atoms. The lowest BCUT2D eigenvalue weighted by molar-refractivity contribution is -0.153. The Balaban J connectivity index is 1.92. The fraction of sp³-hybridized carbons (Fsp3) is 0.304. The molecule has 3 aromatic rings. The first-order chi connectivity index (χ1) is 16.9. The number of aliphatic hydroxyl groups is 1. The Morgan fingerprint density at radius 2 is 1.94 bits per heavy atom. The number of amides is 2. The molecule has 2 aromatic heterocycles. The van der Waals surface area contributed by atoms with Gasteiger partial charge in [0.2, 0.25) is 11.3 Å². The molecule has 2 atom stereocenters. The van der Waals surface area contributed by atoms with Gasteiger partial charge in [0.05, 0.1) is 30.1 Å². The highest BCUT2D eigenvalue weighted by Gasteiger charge is 2.40. The summed E-state index contributed by atoms with van der Waals surface area (Å²) >= 11 is 0. The molecule has 36 heavy (non-hydrogen) atoms. The molecular formula is C23H19F5N4O4. The molecule has 1 aromatic carbocycles. The summed E-state index contributed by atoms with van der Waals surface area (Å²) < 4.78 is 68.8. The first-order valence-electron chi connectivity index (χ1n) is 10.8. The fourth-order valence-electron chi connectivity index (χ4n) is 3.93. The number of benzene rings is 1. The number of carbonyl (C=O) groups excluding carboxylic acids is 2. The molecule has 0 saturated carbocycles. The van der Waals surface area contributed by atoms with Crippen molar-refractivity contribution in [2.75, 3.05) is 11.4 Å². The number of hydrogen-bond donors (Lipinski definition) is 2. The normalized spacial score (nSPS) is 17.0. The van der Waals surface area contributed by atoms with E-state index in [1.54, 1.807) is 5.32 Å². The number of alkyl halides is 3. The molecular weight excluding hydrogens is 491 g/mol. The van der Waals surface area contributed by atoms with E-state index in [0.717, 1.165) is 27.8 Å². The lowest BCUT2D eigenvalue weighted by Gasteiger charge is -2.21. The molecule has 1 aliphatic rings. The summed E-state index contributed by atoms with van der Waals surface area (Å²) in [4.78, 5) is 43.4. The van der Waals surface area contributed by atoms with Gasteiger partial charge in [-0.1, -0.05) is 6.92 Å². The maximum Gasteiger partial charge on any atom is 0.408 e. The van der Waals surface area contributed by atoms with Crippen LogP contribution in [0.2, 0.25) is 0 Å². The number of hydrogen-bond acceptors (Lipinski definition) is 5. The van der Waals surface area contributed by atoms with Crippen molar-refractivity contribution in [1.29, 1.82) is 0 Å². The van der Waals surface area contributed by atoms with Crippen molar-refractivity contribution in [1.82, 2.24) is 14.9 Å². The van der Waals surface area contributed by atoms with Crippen molar-refractivity contribution in [3.8, 4) is 5.69 Å². The van der Waals surface area contributed by atoms with Gasteiger partial charge in [-0.15, -0.1) is 0 Å². The Hall–Kier alpha value is -3.87. The SMILES string of the molecule is CC[C@H](NC(=O)c1cn(-c2ccc(F)cc2F)c2nc(N3C[C@H](O)CC3=O)ccc2c1=O)C(F)(F)F. The summed E-state index contributed by atoms with van der Waals surface area (Å²) in [5.74, 6) is -3.80. The second-order valence-corrected chi connectivity index (χ2v) is 8.22. The molecule has 3 heterocycles. The van der Waals surface area contributed by atoms with Gasteiger partial charge in [-0.3, -0.25) is 23.9 Å². The third kappa shape index (κ3) is 4.65. The van der Waals surface area contributed by atoms with Gasteiger partial charge in [0.15, 0.2) is 5.65 Å². The van der Waals surface area contributed by atoms with Crippen LogP contribution in [0.4, 0.5) is 27.8 Å². The Morgan fingerprint density at radius 3 is 2.53 bits per heavy atom. The number of anilines is 1. The first kappa shape index (κ1) is 25.2. The zero-order valence-electron chi connectivity index (χ0n) is 18.6. The molecule has 190 valence electrons. The van der Waals surface area contributed by atoms with Crippen LogP contribution in [0, 0.1) is 11.6 Å². The van der Waals surface area contributed by atoms with Crippen LogP contribution in [0.1, 0.15) is 30.1 Å². The van der Waals surface area contributed by atoms with Crippen LogP contribution < -0.4 is 15.6 Å². The number of aromatic nitrogens is 2. The number of nitrogens with zero attached hydrogens (tertiary/aromatic N) is 3. The van der Waals surface area contributed by atoms with Gasteiger partial charge in [0.1, 0.15) is 29.1 Å². The van der Waals surface area contributed by atoms with Gasteiger partial charge in [0.25, 0.3) is 5.91 Å². The van der Waals surface area contributed by atoms with E-state index in [1.165, 1.54) is 19.1 Å². The van der Waals surface area contributed by atoms with Crippen LogP contribution in [-0.2, 0) is 4.79 Å².